The predicted octanol–water partition coefficient (Wildman–Crippen LogP) is 7.94. The van der Waals surface area contributed by atoms with Crippen LogP contribution in [0.2, 0.25) is 0 Å². The fraction of sp³-hybridized carbons (Fsp3) is 0.875. The van der Waals surface area contributed by atoms with Crippen LogP contribution in [0.1, 0.15) is 119 Å². The van der Waals surface area contributed by atoms with Crippen LogP contribution in [0, 0.1) is 40.4 Å². The smallest absolute Gasteiger partial charge is 0.0577 e. The van der Waals surface area contributed by atoms with Crippen molar-refractivity contribution in [2.24, 2.45) is 40.4 Å². The Balaban J connectivity index is 0.000000949. The minimum Gasteiger partial charge on any atom is -0.396 e. The molecular weight excluding hydrogens is 432 g/mol. The van der Waals surface area contributed by atoms with Crippen molar-refractivity contribution in [2.75, 3.05) is 6.61 Å². The SMILES string of the molecule is C=C.CC.CC.CC(CO)CCCCC1C(O)CC2C3CC=C4C[C@@H](O)CC[C@]4(C)C3CCC12C. The average Bonchev–Trinajstić information content (AvgIpc) is 3.15. The van der Waals surface area contributed by atoms with E-state index in [0.717, 1.165) is 50.9 Å². The van der Waals surface area contributed by atoms with E-state index >= 15 is 0 Å². The number of hydrogen-bond donors (Lipinski definition) is 3. The highest BCUT2D eigenvalue weighted by atomic mass is 16.3. The summed E-state index contributed by atoms with van der Waals surface area (Å²) in [7, 11) is 0. The molecule has 3 heteroatoms. The van der Waals surface area contributed by atoms with Crippen molar-refractivity contribution < 1.29 is 15.3 Å². The van der Waals surface area contributed by atoms with Crippen LogP contribution in [0.3, 0.4) is 0 Å². The summed E-state index contributed by atoms with van der Waals surface area (Å²) >= 11 is 0. The Morgan fingerprint density at radius 2 is 1.66 bits per heavy atom. The lowest BCUT2D eigenvalue weighted by atomic mass is 9.47. The van der Waals surface area contributed by atoms with Crippen LogP contribution in [0.15, 0.2) is 24.8 Å². The van der Waals surface area contributed by atoms with Crippen molar-refractivity contribution >= 4 is 0 Å². The summed E-state index contributed by atoms with van der Waals surface area (Å²) in [6, 6.07) is 0. The Morgan fingerprint density at radius 3 is 2.29 bits per heavy atom. The van der Waals surface area contributed by atoms with Gasteiger partial charge in [-0.05, 0) is 98.2 Å². The van der Waals surface area contributed by atoms with Crippen molar-refractivity contribution in [1.29, 1.82) is 0 Å². The molecule has 3 fully saturated rings. The topological polar surface area (TPSA) is 60.7 Å². The van der Waals surface area contributed by atoms with E-state index in [0.29, 0.717) is 35.7 Å². The average molecular weight is 493 g/mol. The Labute approximate surface area is 218 Å². The van der Waals surface area contributed by atoms with Gasteiger partial charge in [0.15, 0.2) is 0 Å². The number of allylic oxidation sites excluding steroid dienone is 1. The second-order valence-electron chi connectivity index (χ2n) is 11.7. The largest absolute Gasteiger partial charge is 0.396 e. The molecule has 0 radical (unpaired) electrons. The van der Waals surface area contributed by atoms with Gasteiger partial charge < -0.3 is 15.3 Å². The maximum Gasteiger partial charge on any atom is 0.0577 e. The monoisotopic (exact) mass is 492 g/mol. The van der Waals surface area contributed by atoms with Gasteiger partial charge in [0.2, 0.25) is 0 Å². The first-order valence-electron chi connectivity index (χ1n) is 15.0. The first kappa shape index (κ1) is 32.4. The quantitative estimate of drug-likeness (QED) is 0.260. The third kappa shape index (κ3) is 6.82. The first-order chi connectivity index (χ1) is 16.8. The molecular formula is C32H60O3. The summed E-state index contributed by atoms with van der Waals surface area (Å²) in [6.45, 7) is 21.4. The highest BCUT2D eigenvalue weighted by Gasteiger charge is 2.60. The summed E-state index contributed by atoms with van der Waals surface area (Å²) in [4.78, 5) is 0. The van der Waals surface area contributed by atoms with Crippen LogP contribution in [-0.4, -0.2) is 34.1 Å². The molecule has 0 heterocycles. The van der Waals surface area contributed by atoms with Crippen molar-refractivity contribution in [3.8, 4) is 0 Å². The number of hydrogen-bond acceptors (Lipinski definition) is 3. The van der Waals surface area contributed by atoms with E-state index in [1.165, 1.54) is 31.3 Å². The van der Waals surface area contributed by atoms with Crippen molar-refractivity contribution in [1.82, 2.24) is 0 Å². The van der Waals surface area contributed by atoms with E-state index in [9.17, 15) is 15.3 Å². The summed E-state index contributed by atoms with van der Waals surface area (Å²) in [5, 5.41) is 30.5. The van der Waals surface area contributed by atoms with Crippen LogP contribution in [0.25, 0.3) is 0 Å². The van der Waals surface area contributed by atoms with Crippen molar-refractivity contribution in [3.63, 3.8) is 0 Å². The molecule has 0 spiro atoms. The minimum atomic E-state index is -0.134. The lowest BCUT2D eigenvalue weighted by Gasteiger charge is -2.58. The molecule has 35 heavy (non-hydrogen) atoms. The Morgan fingerprint density at radius 1 is 1.00 bits per heavy atom. The van der Waals surface area contributed by atoms with Gasteiger partial charge in [0, 0.05) is 6.61 Å². The fourth-order valence-electron chi connectivity index (χ4n) is 8.23. The number of unbranched alkanes of at least 4 members (excludes halogenated alkanes) is 1. The normalized spacial score (nSPS) is 40.0. The zero-order valence-corrected chi connectivity index (χ0v) is 24.4. The Hall–Kier alpha value is -0.640. The van der Waals surface area contributed by atoms with E-state index in [4.69, 9.17) is 0 Å². The molecule has 4 aliphatic rings. The molecule has 9 atom stereocenters. The molecule has 0 aromatic heterocycles. The van der Waals surface area contributed by atoms with Gasteiger partial charge in [-0.1, -0.05) is 73.0 Å². The third-order valence-corrected chi connectivity index (χ3v) is 10.1. The van der Waals surface area contributed by atoms with Crippen molar-refractivity contribution in [3.05, 3.63) is 24.8 Å². The van der Waals surface area contributed by atoms with Crippen LogP contribution >= 0.6 is 0 Å². The molecule has 4 rings (SSSR count). The molecule has 0 aliphatic heterocycles. The van der Waals surface area contributed by atoms with E-state index in [1.807, 2.05) is 27.7 Å². The molecule has 4 aliphatic carbocycles. The third-order valence-electron chi connectivity index (χ3n) is 10.1. The molecule has 0 aromatic carbocycles. The van der Waals surface area contributed by atoms with Gasteiger partial charge in [-0.25, -0.2) is 0 Å². The second kappa shape index (κ2) is 14.9. The minimum absolute atomic E-state index is 0.133. The summed E-state index contributed by atoms with van der Waals surface area (Å²) < 4.78 is 0. The lowest BCUT2D eigenvalue weighted by molar-refractivity contribution is -0.0533. The van der Waals surface area contributed by atoms with Gasteiger partial charge >= 0.3 is 0 Å². The van der Waals surface area contributed by atoms with Gasteiger partial charge in [-0.15, -0.1) is 13.2 Å². The van der Waals surface area contributed by atoms with Gasteiger partial charge in [0.1, 0.15) is 0 Å². The Kier molecular flexibility index (Phi) is 13.8. The Bertz CT molecular complexity index is 630. The highest BCUT2D eigenvalue weighted by molar-refractivity contribution is 5.25. The van der Waals surface area contributed by atoms with Crippen LogP contribution in [-0.2, 0) is 0 Å². The van der Waals surface area contributed by atoms with E-state index in [1.54, 1.807) is 0 Å². The maximum absolute atomic E-state index is 11.1. The fourth-order valence-corrected chi connectivity index (χ4v) is 8.23. The molecule has 3 saturated carbocycles. The molecule has 206 valence electrons. The van der Waals surface area contributed by atoms with Crippen molar-refractivity contribution in [2.45, 2.75) is 131 Å². The van der Waals surface area contributed by atoms with E-state index < -0.39 is 0 Å². The molecule has 0 bridgehead atoms. The predicted molar refractivity (Wildman–Crippen MR) is 151 cm³/mol. The standard InChI is InChI=1S/C26H44O3.2C2H6.C2H4/c1-17(16-27)6-4-5-7-22-24(29)15-23-20-9-8-18-14-19(28)10-12-25(18,2)21(20)11-13-26(22,23)3;3*1-2/h8,17,19-24,27-29H,4-7,9-16H2,1-3H3;2*1-2H3;1-2H2/t17?,19-,20?,21?,22?,23?,24?,25-,26?;;;/m0.../s1. The van der Waals surface area contributed by atoms with Gasteiger partial charge in [-0.2, -0.15) is 0 Å². The molecule has 3 nitrogen and oxygen atoms in total. The van der Waals surface area contributed by atoms with E-state index in [2.05, 4.69) is 40.0 Å². The van der Waals surface area contributed by atoms with E-state index in [-0.39, 0.29) is 17.6 Å². The van der Waals surface area contributed by atoms with Gasteiger partial charge in [0.05, 0.1) is 12.2 Å². The van der Waals surface area contributed by atoms with Gasteiger partial charge in [-0.3, -0.25) is 0 Å². The summed E-state index contributed by atoms with van der Waals surface area (Å²) in [5.41, 5.74) is 2.11. The van der Waals surface area contributed by atoms with Gasteiger partial charge in [0.25, 0.3) is 0 Å². The highest BCUT2D eigenvalue weighted by Crippen LogP contribution is 2.66. The maximum atomic E-state index is 11.1. The zero-order chi connectivity index (χ0) is 26.8. The van der Waals surface area contributed by atoms with Crippen LogP contribution in [0.5, 0.6) is 0 Å². The molecule has 0 aromatic rings. The second-order valence-corrected chi connectivity index (χ2v) is 11.7. The molecule has 3 N–H and O–H groups in total. The molecule has 7 unspecified atom stereocenters. The van der Waals surface area contributed by atoms with Crippen LogP contribution < -0.4 is 0 Å². The molecule has 0 amide bonds. The lowest BCUT2D eigenvalue weighted by Crippen LogP contribution is -2.50. The molecule has 0 saturated heterocycles. The number of fused-ring (bicyclic) bond motifs is 5. The number of rotatable bonds is 6. The number of aliphatic hydroxyl groups excluding tert-OH is 3. The summed E-state index contributed by atoms with van der Waals surface area (Å²) in [6.07, 6.45) is 14.5. The zero-order valence-electron chi connectivity index (χ0n) is 24.4. The first-order valence-corrected chi connectivity index (χ1v) is 15.0. The number of aliphatic hydroxyl groups is 3. The summed E-state index contributed by atoms with van der Waals surface area (Å²) in [5.74, 6) is 2.96. The van der Waals surface area contributed by atoms with Crippen LogP contribution in [0.4, 0.5) is 0 Å².